The van der Waals surface area contributed by atoms with Crippen molar-refractivity contribution >= 4 is 40.7 Å². The summed E-state index contributed by atoms with van der Waals surface area (Å²) in [5.74, 6) is 0.449. The molecule has 1 saturated carbocycles. The maximum absolute atomic E-state index is 13.0. The summed E-state index contributed by atoms with van der Waals surface area (Å²) in [5.41, 5.74) is 1.02. The predicted octanol–water partition coefficient (Wildman–Crippen LogP) is 5.50. The van der Waals surface area contributed by atoms with E-state index >= 15 is 0 Å². The SMILES string of the molecule is O=C(c1cccc(Cl)c1Cl)N(Cc1nnc(-c2ccccc2Cl)o1)C1CC1. The maximum atomic E-state index is 13.0. The van der Waals surface area contributed by atoms with Gasteiger partial charge in [0, 0.05) is 6.04 Å². The highest BCUT2D eigenvalue weighted by atomic mass is 35.5. The summed E-state index contributed by atoms with van der Waals surface area (Å²) in [6, 6.07) is 12.4. The standard InChI is InChI=1S/C19H14Cl3N3O2/c20-14-6-2-1-4-12(14)18-24-23-16(27-18)10-25(11-8-9-11)19(26)13-5-3-7-15(21)17(13)22/h1-7,11H,8-10H2. The van der Waals surface area contributed by atoms with E-state index < -0.39 is 0 Å². The van der Waals surface area contributed by atoms with Gasteiger partial charge in [0.2, 0.25) is 11.8 Å². The van der Waals surface area contributed by atoms with Gasteiger partial charge in [-0.25, -0.2) is 0 Å². The number of hydrogen-bond donors (Lipinski definition) is 0. The van der Waals surface area contributed by atoms with E-state index in [1.165, 1.54) is 0 Å². The molecule has 1 aliphatic carbocycles. The largest absolute Gasteiger partial charge is 0.419 e. The second-order valence-electron chi connectivity index (χ2n) is 6.25. The first-order valence-corrected chi connectivity index (χ1v) is 9.50. The van der Waals surface area contributed by atoms with Crippen molar-refractivity contribution in [3.05, 3.63) is 69.0 Å². The van der Waals surface area contributed by atoms with E-state index in [0.29, 0.717) is 33.0 Å². The lowest BCUT2D eigenvalue weighted by Crippen LogP contribution is -2.33. The lowest BCUT2D eigenvalue weighted by Gasteiger charge is -2.21. The Morgan fingerprint density at radius 3 is 2.52 bits per heavy atom. The van der Waals surface area contributed by atoms with Crippen molar-refractivity contribution in [2.45, 2.75) is 25.4 Å². The molecule has 0 aliphatic heterocycles. The zero-order chi connectivity index (χ0) is 19.0. The van der Waals surface area contributed by atoms with E-state index in [1.807, 2.05) is 12.1 Å². The molecule has 8 heteroatoms. The van der Waals surface area contributed by atoms with E-state index in [0.717, 1.165) is 12.8 Å². The highest BCUT2D eigenvalue weighted by Crippen LogP contribution is 2.33. The lowest BCUT2D eigenvalue weighted by atomic mass is 10.2. The number of rotatable bonds is 5. The van der Waals surface area contributed by atoms with Gasteiger partial charge < -0.3 is 9.32 Å². The fourth-order valence-electron chi connectivity index (χ4n) is 2.78. The number of carbonyl (C=O) groups is 1. The third kappa shape index (κ3) is 3.81. The Hall–Kier alpha value is -2.08. The van der Waals surface area contributed by atoms with Crippen LogP contribution in [0.5, 0.6) is 0 Å². The number of amides is 1. The van der Waals surface area contributed by atoms with Crippen molar-refractivity contribution in [1.29, 1.82) is 0 Å². The van der Waals surface area contributed by atoms with Crippen molar-refractivity contribution in [3.63, 3.8) is 0 Å². The summed E-state index contributed by atoms with van der Waals surface area (Å²) >= 11 is 18.4. The molecule has 0 atom stereocenters. The van der Waals surface area contributed by atoms with Crippen molar-refractivity contribution < 1.29 is 9.21 Å². The molecule has 1 aliphatic rings. The van der Waals surface area contributed by atoms with Gasteiger partial charge in [-0.05, 0) is 37.1 Å². The Labute approximate surface area is 170 Å². The summed E-state index contributed by atoms with van der Waals surface area (Å²) in [7, 11) is 0. The molecule has 27 heavy (non-hydrogen) atoms. The number of benzene rings is 2. The molecule has 5 nitrogen and oxygen atoms in total. The molecule has 1 amide bonds. The van der Waals surface area contributed by atoms with E-state index in [1.54, 1.807) is 35.2 Å². The molecule has 1 heterocycles. The zero-order valence-electron chi connectivity index (χ0n) is 14.0. The van der Waals surface area contributed by atoms with Crippen molar-refractivity contribution in [3.8, 4) is 11.5 Å². The first-order valence-electron chi connectivity index (χ1n) is 8.37. The van der Waals surface area contributed by atoms with Crippen molar-refractivity contribution in [2.24, 2.45) is 0 Å². The predicted molar refractivity (Wildman–Crippen MR) is 104 cm³/mol. The van der Waals surface area contributed by atoms with Crippen LogP contribution in [0.15, 0.2) is 46.9 Å². The molecule has 138 valence electrons. The minimum absolute atomic E-state index is 0.128. The van der Waals surface area contributed by atoms with Crippen LogP contribution in [0.25, 0.3) is 11.5 Å². The van der Waals surface area contributed by atoms with E-state index in [2.05, 4.69) is 10.2 Å². The van der Waals surface area contributed by atoms with Gasteiger partial charge in [0.15, 0.2) is 0 Å². The molecule has 1 aromatic heterocycles. The Morgan fingerprint density at radius 1 is 1.04 bits per heavy atom. The summed E-state index contributed by atoms with van der Waals surface area (Å²) in [5, 5.41) is 9.24. The molecule has 0 bridgehead atoms. The number of halogens is 3. The Bertz CT molecular complexity index is 1000. The minimum atomic E-state index is -0.206. The average Bonchev–Trinajstić information content (AvgIpc) is 3.40. The van der Waals surface area contributed by atoms with Crippen LogP contribution in [0.1, 0.15) is 29.1 Å². The van der Waals surface area contributed by atoms with Crippen LogP contribution >= 0.6 is 34.8 Å². The monoisotopic (exact) mass is 421 g/mol. The van der Waals surface area contributed by atoms with Gasteiger partial charge in [-0.2, -0.15) is 0 Å². The van der Waals surface area contributed by atoms with Crippen LogP contribution in [0.3, 0.4) is 0 Å². The van der Waals surface area contributed by atoms with Crippen LogP contribution in [-0.4, -0.2) is 27.0 Å². The highest BCUT2D eigenvalue weighted by molar-refractivity contribution is 6.43. The fraction of sp³-hybridized carbons (Fsp3) is 0.211. The van der Waals surface area contributed by atoms with Crippen LogP contribution in [0.4, 0.5) is 0 Å². The Morgan fingerprint density at radius 2 is 1.78 bits per heavy atom. The molecule has 2 aromatic carbocycles. The molecular weight excluding hydrogens is 409 g/mol. The molecule has 4 rings (SSSR count). The van der Waals surface area contributed by atoms with E-state index in [9.17, 15) is 4.79 Å². The maximum Gasteiger partial charge on any atom is 0.256 e. The topological polar surface area (TPSA) is 59.2 Å². The molecule has 1 fully saturated rings. The van der Waals surface area contributed by atoms with Gasteiger partial charge in [-0.1, -0.05) is 53.0 Å². The second kappa shape index (κ2) is 7.50. The third-order valence-corrected chi connectivity index (χ3v) is 5.46. The van der Waals surface area contributed by atoms with Crippen LogP contribution in [-0.2, 0) is 6.54 Å². The van der Waals surface area contributed by atoms with Crippen molar-refractivity contribution in [1.82, 2.24) is 15.1 Å². The summed E-state index contributed by atoms with van der Waals surface area (Å²) in [6.45, 7) is 0.198. The number of aromatic nitrogens is 2. The molecule has 0 N–H and O–H groups in total. The molecule has 0 unspecified atom stereocenters. The number of hydrogen-bond acceptors (Lipinski definition) is 4. The summed E-state index contributed by atoms with van der Waals surface area (Å²) < 4.78 is 5.74. The second-order valence-corrected chi connectivity index (χ2v) is 7.44. The summed E-state index contributed by atoms with van der Waals surface area (Å²) in [4.78, 5) is 14.7. The van der Waals surface area contributed by atoms with Crippen LogP contribution < -0.4 is 0 Å². The van der Waals surface area contributed by atoms with Crippen LogP contribution in [0.2, 0.25) is 15.1 Å². The van der Waals surface area contributed by atoms with Crippen molar-refractivity contribution in [2.75, 3.05) is 0 Å². The molecule has 0 spiro atoms. The first-order chi connectivity index (χ1) is 13.0. The fourth-order valence-corrected chi connectivity index (χ4v) is 3.38. The molecule has 0 saturated heterocycles. The molecule has 3 aromatic rings. The quantitative estimate of drug-likeness (QED) is 0.544. The summed E-state index contributed by atoms with van der Waals surface area (Å²) in [6.07, 6.45) is 1.85. The normalized spacial score (nSPS) is 13.6. The van der Waals surface area contributed by atoms with Gasteiger partial charge in [0.1, 0.15) is 0 Å². The highest BCUT2D eigenvalue weighted by Gasteiger charge is 2.35. The van der Waals surface area contributed by atoms with Gasteiger partial charge in [-0.3, -0.25) is 4.79 Å². The minimum Gasteiger partial charge on any atom is -0.419 e. The zero-order valence-corrected chi connectivity index (χ0v) is 16.3. The van der Waals surface area contributed by atoms with E-state index in [4.69, 9.17) is 39.2 Å². The van der Waals surface area contributed by atoms with Gasteiger partial charge >= 0.3 is 0 Å². The smallest absolute Gasteiger partial charge is 0.256 e. The first kappa shape index (κ1) is 18.3. The van der Waals surface area contributed by atoms with Gasteiger partial charge in [0.05, 0.1) is 32.7 Å². The Balaban J connectivity index is 1.59. The lowest BCUT2D eigenvalue weighted by molar-refractivity contribution is 0.0714. The Kier molecular flexibility index (Phi) is 5.08. The van der Waals surface area contributed by atoms with E-state index in [-0.39, 0.29) is 23.5 Å². The number of carbonyl (C=O) groups excluding carboxylic acids is 1. The van der Waals surface area contributed by atoms with Gasteiger partial charge in [-0.15, -0.1) is 10.2 Å². The average molecular weight is 423 g/mol. The van der Waals surface area contributed by atoms with Gasteiger partial charge in [0.25, 0.3) is 5.91 Å². The van der Waals surface area contributed by atoms with Crippen LogP contribution in [0, 0.1) is 0 Å². The number of nitrogens with zero attached hydrogens (tertiary/aromatic N) is 3. The third-order valence-electron chi connectivity index (χ3n) is 4.31. The molecule has 0 radical (unpaired) electrons. The molecular formula is C19H14Cl3N3O2.